The highest BCUT2D eigenvalue weighted by atomic mass is 35.5. The molecule has 0 radical (unpaired) electrons. The molecule has 116 valence electrons. The summed E-state index contributed by atoms with van der Waals surface area (Å²) in [7, 11) is -3.27. The van der Waals surface area contributed by atoms with Crippen molar-refractivity contribution in [3.8, 4) is 0 Å². The van der Waals surface area contributed by atoms with E-state index in [0.29, 0.717) is 15.6 Å². The molecular formula is C15H13Cl2NO3S. The summed E-state index contributed by atoms with van der Waals surface area (Å²) in [6.45, 7) is 0.253. The van der Waals surface area contributed by atoms with E-state index in [4.69, 9.17) is 23.2 Å². The summed E-state index contributed by atoms with van der Waals surface area (Å²) in [6.07, 6.45) is 1.12. The number of hydrogen-bond donors (Lipinski definition) is 1. The number of rotatable bonds is 4. The summed E-state index contributed by atoms with van der Waals surface area (Å²) in [6, 6.07) is 10.8. The van der Waals surface area contributed by atoms with E-state index in [1.54, 1.807) is 18.2 Å². The van der Waals surface area contributed by atoms with E-state index in [2.05, 4.69) is 5.32 Å². The Bertz CT molecular complexity index is 802. The van der Waals surface area contributed by atoms with Crippen molar-refractivity contribution in [2.24, 2.45) is 0 Å². The normalized spacial score (nSPS) is 11.2. The van der Waals surface area contributed by atoms with Crippen LogP contribution in [0.5, 0.6) is 0 Å². The monoisotopic (exact) mass is 357 g/mol. The first-order chi connectivity index (χ1) is 10.3. The van der Waals surface area contributed by atoms with Crippen LogP contribution in [0.25, 0.3) is 0 Å². The van der Waals surface area contributed by atoms with Crippen LogP contribution >= 0.6 is 23.2 Å². The summed E-state index contributed by atoms with van der Waals surface area (Å²) in [4.78, 5) is 12.2. The molecule has 0 aliphatic rings. The minimum atomic E-state index is -3.27. The van der Waals surface area contributed by atoms with Gasteiger partial charge in [0.15, 0.2) is 9.84 Å². The lowest BCUT2D eigenvalue weighted by atomic mass is 10.2. The standard InChI is InChI=1S/C15H13Cl2NO3S/c1-22(20,21)13-6-3-10(4-7-13)15(19)18-9-11-2-5-12(16)8-14(11)17/h2-8H,9H2,1H3,(H,18,19). The predicted molar refractivity (Wildman–Crippen MR) is 87.2 cm³/mol. The maximum atomic E-state index is 12.0. The van der Waals surface area contributed by atoms with Crippen LogP contribution in [0.1, 0.15) is 15.9 Å². The first-order valence-electron chi connectivity index (χ1n) is 6.29. The van der Waals surface area contributed by atoms with Crippen LogP contribution in [0.2, 0.25) is 10.0 Å². The van der Waals surface area contributed by atoms with Gasteiger partial charge in [0, 0.05) is 28.4 Å². The van der Waals surface area contributed by atoms with Gasteiger partial charge in [-0.3, -0.25) is 4.79 Å². The Balaban J connectivity index is 2.06. The van der Waals surface area contributed by atoms with E-state index in [9.17, 15) is 13.2 Å². The van der Waals surface area contributed by atoms with Gasteiger partial charge in [-0.25, -0.2) is 8.42 Å². The first kappa shape index (κ1) is 16.8. The number of sulfone groups is 1. The van der Waals surface area contributed by atoms with Gasteiger partial charge in [-0.05, 0) is 42.0 Å². The van der Waals surface area contributed by atoms with E-state index in [1.807, 2.05) is 0 Å². The Kier molecular flexibility index (Phi) is 5.11. The zero-order valence-corrected chi connectivity index (χ0v) is 14.0. The number of nitrogens with one attached hydrogen (secondary N) is 1. The van der Waals surface area contributed by atoms with Crippen LogP contribution in [0.4, 0.5) is 0 Å². The molecule has 4 nitrogen and oxygen atoms in total. The minimum Gasteiger partial charge on any atom is -0.348 e. The lowest BCUT2D eigenvalue weighted by Gasteiger charge is -2.08. The highest BCUT2D eigenvalue weighted by Gasteiger charge is 2.10. The molecule has 0 fully saturated rings. The molecule has 0 aliphatic carbocycles. The molecule has 0 atom stereocenters. The molecule has 2 aromatic rings. The predicted octanol–water partition coefficient (Wildman–Crippen LogP) is 3.33. The summed E-state index contributed by atoms with van der Waals surface area (Å²) in [5, 5.41) is 3.71. The van der Waals surface area contributed by atoms with Crippen molar-refractivity contribution in [3.63, 3.8) is 0 Å². The third-order valence-corrected chi connectivity index (χ3v) is 4.71. The second kappa shape index (κ2) is 6.69. The van der Waals surface area contributed by atoms with Gasteiger partial charge in [0.1, 0.15) is 0 Å². The maximum Gasteiger partial charge on any atom is 0.251 e. The fraction of sp³-hybridized carbons (Fsp3) is 0.133. The molecule has 0 bridgehead atoms. The van der Waals surface area contributed by atoms with Crippen molar-refractivity contribution in [2.75, 3.05) is 6.26 Å². The Morgan fingerprint density at radius 1 is 1.09 bits per heavy atom. The second-order valence-electron chi connectivity index (χ2n) is 4.71. The minimum absolute atomic E-state index is 0.171. The summed E-state index contributed by atoms with van der Waals surface area (Å²) in [5.74, 6) is -0.314. The third-order valence-electron chi connectivity index (χ3n) is 3.00. The molecule has 2 aromatic carbocycles. The van der Waals surface area contributed by atoms with E-state index in [-0.39, 0.29) is 17.3 Å². The zero-order chi connectivity index (χ0) is 16.3. The van der Waals surface area contributed by atoms with Gasteiger partial charge >= 0.3 is 0 Å². The molecule has 1 amide bonds. The SMILES string of the molecule is CS(=O)(=O)c1ccc(C(=O)NCc2ccc(Cl)cc2Cl)cc1. The van der Waals surface area contributed by atoms with E-state index in [0.717, 1.165) is 11.8 Å². The fourth-order valence-corrected chi connectivity index (χ4v) is 2.90. The molecule has 0 aromatic heterocycles. The quantitative estimate of drug-likeness (QED) is 0.912. The molecule has 7 heteroatoms. The van der Waals surface area contributed by atoms with Crippen molar-refractivity contribution in [1.29, 1.82) is 0 Å². The maximum absolute atomic E-state index is 12.0. The van der Waals surface area contributed by atoms with Crippen LogP contribution in [-0.2, 0) is 16.4 Å². The molecule has 0 unspecified atom stereocenters. The number of hydrogen-bond acceptors (Lipinski definition) is 3. The molecule has 0 aliphatic heterocycles. The largest absolute Gasteiger partial charge is 0.348 e. The van der Waals surface area contributed by atoms with Gasteiger partial charge < -0.3 is 5.32 Å². The number of carbonyl (C=O) groups excluding carboxylic acids is 1. The Hall–Kier alpha value is -1.56. The van der Waals surface area contributed by atoms with Gasteiger partial charge in [0.25, 0.3) is 5.91 Å². The second-order valence-corrected chi connectivity index (χ2v) is 7.57. The average molecular weight is 358 g/mol. The van der Waals surface area contributed by atoms with Gasteiger partial charge in [-0.2, -0.15) is 0 Å². The van der Waals surface area contributed by atoms with Crippen molar-refractivity contribution >= 4 is 38.9 Å². The molecule has 22 heavy (non-hydrogen) atoms. The van der Waals surface area contributed by atoms with Crippen LogP contribution < -0.4 is 5.32 Å². The topological polar surface area (TPSA) is 63.2 Å². The van der Waals surface area contributed by atoms with Crippen LogP contribution in [0.3, 0.4) is 0 Å². The highest BCUT2D eigenvalue weighted by molar-refractivity contribution is 7.90. The molecule has 0 heterocycles. The fourth-order valence-electron chi connectivity index (χ4n) is 1.80. The Labute approximate surface area is 139 Å². The van der Waals surface area contributed by atoms with Crippen molar-refractivity contribution in [1.82, 2.24) is 5.32 Å². The lowest BCUT2D eigenvalue weighted by molar-refractivity contribution is 0.0951. The summed E-state index contributed by atoms with van der Waals surface area (Å²) >= 11 is 11.8. The molecule has 0 spiro atoms. The molecule has 2 rings (SSSR count). The Morgan fingerprint density at radius 2 is 1.73 bits per heavy atom. The summed E-state index contributed by atoms with van der Waals surface area (Å²) < 4.78 is 22.7. The van der Waals surface area contributed by atoms with Crippen molar-refractivity contribution in [3.05, 3.63) is 63.6 Å². The van der Waals surface area contributed by atoms with Gasteiger partial charge in [-0.15, -0.1) is 0 Å². The van der Waals surface area contributed by atoms with Gasteiger partial charge in [0.2, 0.25) is 0 Å². The number of halogens is 2. The van der Waals surface area contributed by atoms with Crippen molar-refractivity contribution in [2.45, 2.75) is 11.4 Å². The smallest absolute Gasteiger partial charge is 0.251 e. The summed E-state index contributed by atoms with van der Waals surface area (Å²) in [5.41, 5.74) is 1.12. The molecule has 0 saturated heterocycles. The molecule has 1 N–H and O–H groups in total. The highest BCUT2D eigenvalue weighted by Crippen LogP contribution is 2.20. The van der Waals surface area contributed by atoms with Gasteiger partial charge in [0.05, 0.1) is 4.90 Å². The Morgan fingerprint density at radius 3 is 2.27 bits per heavy atom. The number of carbonyl (C=O) groups is 1. The van der Waals surface area contributed by atoms with E-state index in [1.165, 1.54) is 24.3 Å². The van der Waals surface area contributed by atoms with E-state index < -0.39 is 9.84 Å². The van der Waals surface area contributed by atoms with Crippen LogP contribution in [0.15, 0.2) is 47.4 Å². The molecular weight excluding hydrogens is 345 g/mol. The lowest BCUT2D eigenvalue weighted by Crippen LogP contribution is -2.22. The van der Waals surface area contributed by atoms with Crippen LogP contribution in [-0.4, -0.2) is 20.6 Å². The van der Waals surface area contributed by atoms with Crippen molar-refractivity contribution < 1.29 is 13.2 Å². The third kappa shape index (κ3) is 4.22. The van der Waals surface area contributed by atoms with Crippen LogP contribution in [0, 0.1) is 0 Å². The number of amides is 1. The first-order valence-corrected chi connectivity index (χ1v) is 8.94. The zero-order valence-electron chi connectivity index (χ0n) is 11.6. The average Bonchev–Trinajstić information content (AvgIpc) is 2.45. The molecule has 0 saturated carbocycles. The van der Waals surface area contributed by atoms with E-state index >= 15 is 0 Å². The van der Waals surface area contributed by atoms with Gasteiger partial charge in [-0.1, -0.05) is 29.3 Å². The number of benzene rings is 2.